The lowest BCUT2D eigenvalue weighted by molar-refractivity contribution is -0.123. The van der Waals surface area contributed by atoms with Crippen molar-refractivity contribution in [2.75, 3.05) is 6.54 Å². The standard InChI is InChI=1S/C24H23NO6S/c1-11-20(28)18(13(3)26)22-19(21(11)29)24(4)16(31-22)10-15(27)17(23(24)30)12(2)25-8-7-14-6-5-9-32-14/h5-6,9-10,25,28-29H,7-8H2,1-4H3. The summed E-state index contributed by atoms with van der Waals surface area (Å²) in [5.41, 5.74) is -1.05. The monoisotopic (exact) mass is 453 g/mol. The van der Waals surface area contributed by atoms with Crippen molar-refractivity contribution in [1.29, 1.82) is 0 Å². The molecule has 4 rings (SSSR count). The molecule has 1 atom stereocenters. The summed E-state index contributed by atoms with van der Waals surface area (Å²) in [5.74, 6) is -2.32. The molecular weight excluding hydrogens is 430 g/mol. The van der Waals surface area contributed by atoms with Gasteiger partial charge in [-0.05, 0) is 45.6 Å². The highest BCUT2D eigenvalue weighted by atomic mass is 32.1. The molecule has 0 fully saturated rings. The Bertz CT molecular complexity index is 1240. The highest BCUT2D eigenvalue weighted by Crippen LogP contribution is 2.57. The summed E-state index contributed by atoms with van der Waals surface area (Å²) >= 11 is 1.63. The van der Waals surface area contributed by atoms with Crippen molar-refractivity contribution in [2.45, 2.75) is 39.5 Å². The Labute approximate surface area is 189 Å². The minimum atomic E-state index is -1.50. The third kappa shape index (κ3) is 3.05. The molecule has 1 aromatic heterocycles. The van der Waals surface area contributed by atoms with Crippen LogP contribution in [0.2, 0.25) is 0 Å². The van der Waals surface area contributed by atoms with Crippen molar-refractivity contribution in [3.63, 3.8) is 0 Å². The molecule has 166 valence electrons. The third-order valence-corrected chi connectivity index (χ3v) is 7.04. The lowest BCUT2D eigenvalue weighted by Gasteiger charge is -2.29. The van der Waals surface area contributed by atoms with Gasteiger partial charge >= 0.3 is 0 Å². The predicted molar refractivity (Wildman–Crippen MR) is 119 cm³/mol. The SMILES string of the molecule is CC(=O)c1c(O)c(C)c(O)c2c1OC1=CC(=O)C(=C(C)NCCc3cccs3)C(=O)C12C. The van der Waals surface area contributed by atoms with E-state index < -0.39 is 28.5 Å². The zero-order valence-corrected chi connectivity index (χ0v) is 19.0. The van der Waals surface area contributed by atoms with Gasteiger partial charge in [0.1, 0.15) is 34.0 Å². The van der Waals surface area contributed by atoms with Crippen molar-refractivity contribution in [2.24, 2.45) is 0 Å². The molecule has 1 aliphatic heterocycles. The molecule has 2 aliphatic rings. The summed E-state index contributed by atoms with van der Waals surface area (Å²) in [6.07, 6.45) is 1.97. The van der Waals surface area contributed by atoms with E-state index in [9.17, 15) is 24.6 Å². The Hall–Kier alpha value is -3.39. The fraction of sp³-hybridized carbons (Fsp3) is 0.292. The normalized spacial score (nSPS) is 20.9. The average Bonchev–Trinajstić information content (AvgIpc) is 3.33. The van der Waals surface area contributed by atoms with Gasteiger partial charge in [-0.3, -0.25) is 14.4 Å². The van der Waals surface area contributed by atoms with Gasteiger partial charge in [0, 0.05) is 28.8 Å². The van der Waals surface area contributed by atoms with Crippen molar-refractivity contribution in [1.82, 2.24) is 5.32 Å². The summed E-state index contributed by atoms with van der Waals surface area (Å²) in [4.78, 5) is 39.9. The molecule has 7 nitrogen and oxygen atoms in total. The average molecular weight is 454 g/mol. The van der Waals surface area contributed by atoms with Crippen molar-refractivity contribution < 1.29 is 29.3 Å². The van der Waals surface area contributed by atoms with Gasteiger partial charge in [-0.1, -0.05) is 6.07 Å². The van der Waals surface area contributed by atoms with E-state index in [1.165, 1.54) is 24.8 Å². The first-order chi connectivity index (χ1) is 15.1. The minimum absolute atomic E-state index is 0.0200. The fourth-order valence-electron chi connectivity index (χ4n) is 4.28. The molecule has 0 amide bonds. The Morgan fingerprint density at radius 1 is 1.22 bits per heavy atom. The van der Waals surface area contributed by atoms with Crippen LogP contribution in [0.1, 0.15) is 47.1 Å². The Morgan fingerprint density at radius 3 is 2.56 bits per heavy atom. The van der Waals surface area contributed by atoms with Gasteiger partial charge in [0.15, 0.2) is 17.3 Å². The van der Waals surface area contributed by atoms with E-state index in [0.717, 1.165) is 6.42 Å². The smallest absolute Gasteiger partial charge is 0.194 e. The van der Waals surface area contributed by atoms with Gasteiger partial charge in [0.2, 0.25) is 0 Å². The fourth-order valence-corrected chi connectivity index (χ4v) is 4.99. The van der Waals surface area contributed by atoms with Crippen molar-refractivity contribution in [3.8, 4) is 17.2 Å². The Kier molecular flexibility index (Phi) is 5.21. The Morgan fingerprint density at radius 2 is 1.94 bits per heavy atom. The third-order valence-electron chi connectivity index (χ3n) is 6.10. The van der Waals surface area contributed by atoms with Crippen LogP contribution >= 0.6 is 11.3 Å². The largest absolute Gasteiger partial charge is 0.507 e. The van der Waals surface area contributed by atoms with Crippen LogP contribution in [-0.2, 0) is 21.4 Å². The second-order valence-electron chi connectivity index (χ2n) is 8.14. The number of fused-ring (bicyclic) bond motifs is 3. The van der Waals surface area contributed by atoms with Gasteiger partial charge in [0.05, 0.1) is 11.1 Å². The van der Waals surface area contributed by atoms with Crippen molar-refractivity contribution in [3.05, 3.63) is 62.2 Å². The molecule has 8 heteroatoms. The van der Waals surface area contributed by atoms with Gasteiger partial charge in [-0.25, -0.2) is 0 Å². The summed E-state index contributed by atoms with van der Waals surface area (Å²) < 4.78 is 5.76. The number of aromatic hydroxyl groups is 2. The zero-order valence-electron chi connectivity index (χ0n) is 18.2. The second kappa shape index (κ2) is 7.63. The molecule has 3 N–H and O–H groups in total. The summed E-state index contributed by atoms with van der Waals surface area (Å²) in [6, 6.07) is 3.98. The van der Waals surface area contributed by atoms with Crippen LogP contribution in [-0.4, -0.2) is 34.1 Å². The maximum absolute atomic E-state index is 13.7. The number of hydrogen-bond acceptors (Lipinski definition) is 8. The maximum atomic E-state index is 13.7. The number of ether oxygens (including phenoxy) is 1. The van der Waals surface area contributed by atoms with Gasteiger partial charge in [0.25, 0.3) is 0 Å². The summed E-state index contributed by atoms with van der Waals surface area (Å²) in [5, 5.41) is 26.4. The van der Waals surface area contributed by atoms with Crippen molar-refractivity contribution >= 4 is 28.7 Å². The van der Waals surface area contributed by atoms with E-state index >= 15 is 0 Å². The molecule has 0 bridgehead atoms. The van der Waals surface area contributed by atoms with Crippen LogP contribution in [0.15, 0.2) is 40.6 Å². The first kappa shape index (κ1) is 21.8. The molecule has 1 aromatic carbocycles. The number of allylic oxidation sites excluding steroid dienone is 4. The molecule has 0 saturated carbocycles. The van der Waals surface area contributed by atoms with E-state index in [1.807, 2.05) is 17.5 Å². The van der Waals surface area contributed by atoms with Crippen LogP contribution in [0.5, 0.6) is 17.2 Å². The summed E-state index contributed by atoms with van der Waals surface area (Å²) in [7, 11) is 0. The lowest BCUT2D eigenvalue weighted by atomic mass is 9.70. The zero-order chi connectivity index (χ0) is 23.4. The molecule has 0 radical (unpaired) electrons. The number of rotatable bonds is 5. The molecule has 0 spiro atoms. The first-order valence-electron chi connectivity index (χ1n) is 10.1. The minimum Gasteiger partial charge on any atom is -0.507 e. The first-order valence-corrected chi connectivity index (χ1v) is 11.0. The van der Waals surface area contributed by atoms with Gasteiger partial charge in [-0.2, -0.15) is 0 Å². The number of phenolic OH excluding ortho intramolecular Hbond substituents is 2. The van der Waals surface area contributed by atoms with Gasteiger partial charge < -0.3 is 20.3 Å². The van der Waals surface area contributed by atoms with Gasteiger partial charge in [-0.15, -0.1) is 11.3 Å². The number of Topliss-reactive ketones (excluding diaryl/α,β-unsaturated/α-hetero) is 2. The number of benzene rings is 1. The Balaban J connectivity index is 1.79. The highest BCUT2D eigenvalue weighted by molar-refractivity contribution is 7.09. The highest BCUT2D eigenvalue weighted by Gasteiger charge is 2.56. The number of ketones is 3. The quantitative estimate of drug-likeness (QED) is 0.361. The summed E-state index contributed by atoms with van der Waals surface area (Å²) in [6.45, 7) is 6.48. The number of carbonyl (C=O) groups excluding carboxylic acids is 3. The van der Waals surface area contributed by atoms with E-state index in [-0.39, 0.29) is 39.5 Å². The van der Waals surface area contributed by atoms with E-state index in [4.69, 9.17) is 4.74 Å². The maximum Gasteiger partial charge on any atom is 0.194 e. The molecule has 2 heterocycles. The van der Waals surface area contributed by atoms with Crippen LogP contribution in [0.4, 0.5) is 0 Å². The van der Waals surface area contributed by atoms with E-state index in [2.05, 4.69) is 5.32 Å². The van der Waals surface area contributed by atoms with Crippen LogP contribution in [0.25, 0.3) is 0 Å². The van der Waals surface area contributed by atoms with E-state index in [0.29, 0.717) is 12.2 Å². The number of phenols is 2. The molecule has 1 aliphatic carbocycles. The molecular formula is C24H23NO6S. The van der Waals surface area contributed by atoms with E-state index in [1.54, 1.807) is 25.2 Å². The topological polar surface area (TPSA) is 113 Å². The lowest BCUT2D eigenvalue weighted by Crippen LogP contribution is -2.41. The van der Waals surface area contributed by atoms with Crippen LogP contribution in [0, 0.1) is 6.92 Å². The predicted octanol–water partition coefficient (Wildman–Crippen LogP) is 3.46. The van der Waals surface area contributed by atoms with Crippen LogP contribution < -0.4 is 10.1 Å². The molecule has 2 aromatic rings. The molecule has 0 saturated heterocycles. The number of hydrogen-bond donors (Lipinski definition) is 3. The molecule has 1 unspecified atom stereocenters. The second-order valence-corrected chi connectivity index (χ2v) is 9.17. The number of thiophene rings is 1. The number of carbonyl (C=O) groups is 3. The number of nitrogens with one attached hydrogen (secondary N) is 1. The van der Waals surface area contributed by atoms with Crippen LogP contribution in [0.3, 0.4) is 0 Å². The molecule has 32 heavy (non-hydrogen) atoms.